The number of anilines is 1. The number of rotatable bonds is 1. The number of fused-ring (bicyclic) bond motifs is 3. The lowest BCUT2D eigenvalue weighted by Crippen LogP contribution is -2.44. The molecule has 1 aromatic carbocycles. The van der Waals surface area contributed by atoms with Crippen molar-refractivity contribution in [3.63, 3.8) is 0 Å². The van der Waals surface area contributed by atoms with Crippen molar-refractivity contribution in [1.82, 2.24) is 4.90 Å². The molecule has 0 spiro atoms. The van der Waals surface area contributed by atoms with Crippen molar-refractivity contribution in [3.05, 3.63) is 29.8 Å². The molecule has 0 N–H and O–H groups in total. The molecular weight excluding hydrogens is 244 g/mol. The van der Waals surface area contributed by atoms with E-state index in [1.165, 1.54) is 70.3 Å². The lowest BCUT2D eigenvalue weighted by Gasteiger charge is -2.35. The third-order valence-electron chi connectivity index (χ3n) is 5.58. The summed E-state index contributed by atoms with van der Waals surface area (Å²) >= 11 is 0. The van der Waals surface area contributed by atoms with Crippen molar-refractivity contribution >= 4 is 5.69 Å². The second kappa shape index (κ2) is 5.40. The Balaban J connectivity index is 1.51. The molecule has 2 fully saturated rings. The normalized spacial score (nSPS) is 28.0. The summed E-state index contributed by atoms with van der Waals surface area (Å²) in [7, 11) is 0. The van der Waals surface area contributed by atoms with E-state index >= 15 is 0 Å². The van der Waals surface area contributed by atoms with E-state index in [1.54, 1.807) is 5.56 Å². The molecule has 0 aromatic heterocycles. The molecule has 108 valence electrons. The highest BCUT2D eigenvalue weighted by Gasteiger charge is 2.34. The van der Waals surface area contributed by atoms with Crippen LogP contribution in [0.3, 0.4) is 0 Å². The van der Waals surface area contributed by atoms with E-state index < -0.39 is 0 Å². The fourth-order valence-corrected chi connectivity index (χ4v) is 4.57. The summed E-state index contributed by atoms with van der Waals surface area (Å²) in [5.41, 5.74) is 3.09. The molecule has 0 bridgehead atoms. The second-order valence-corrected chi connectivity index (χ2v) is 6.82. The molecule has 0 amide bonds. The molecule has 2 heteroatoms. The number of para-hydroxylation sites is 1. The summed E-state index contributed by atoms with van der Waals surface area (Å²) in [5, 5.41) is 0. The van der Waals surface area contributed by atoms with Gasteiger partial charge in [0.05, 0.1) is 0 Å². The van der Waals surface area contributed by atoms with Gasteiger partial charge in [0.15, 0.2) is 0 Å². The SMILES string of the molecule is c1ccc2c(c1)CC1CN(C3CCCCC3)CCCN21. The van der Waals surface area contributed by atoms with Crippen molar-refractivity contribution in [2.45, 2.75) is 57.0 Å². The average molecular weight is 270 g/mol. The van der Waals surface area contributed by atoms with Crippen LogP contribution in [0, 0.1) is 0 Å². The van der Waals surface area contributed by atoms with E-state index in [0.29, 0.717) is 0 Å². The Bertz CT molecular complexity index is 464. The highest BCUT2D eigenvalue weighted by molar-refractivity contribution is 5.59. The standard InChI is InChI=1S/C18H26N2/c1-2-8-16(9-3-1)19-11-6-12-20-17(14-19)13-15-7-4-5-10-18(15)20/h4-5,7,10,16-17H,1-3,6,8-9,11-14H2. The van der Waals surface area contributed by atoms with Gasteiger partial charge in [-0.05, 0) is 37.3 Å². The van der Waals surface area contributed by atoms with Crippen molar-refractivity contribution in [2.24, 2.45) is 0 Å². The fraction of sp³-hybridized carbons (Fsp3) is 0.667. The van der Waals surface area contributed by atoms with Crippen LogP contribution in [0.5, 0.6) is 0 Å². The Labute approximate surface area is 122 Å². The topological polar surface area (TPSA) is 6.48 Å². The first-order valence-electron chi connectivity index (χ1n) is 8.50. The maximum absolute atomic E-state index is 2.83. The van der Waals surface area contributed by atoms with E-state index in [-0.39, 0.29) is 0 Å². The van der Waals surface area contributed by atoms with E-state index in [1.807, 2.05) is 0 Å². The number of benzene rings is 1. The molecule has 2 heterocycles. The summed E-state index contributed by atoms with van der Waals surface area (Å²) in [4.78, 5) is 5.52. The Morgan fingerprint density at radius 2 is 1.70 bits per heavy atom. The average Bonchev–Trinajstić information content (AvgIpc) is 2.71. The smallest absolute Gasteiger partial charge is 0.0458 e. The molecule has 1 aliphatic carbocycles. The molecule has 1 saturated carbocycles. The van der Waals surface area contributed by atoms with E-state index in [4.69, 9.17) is 0 Å². The van der Waals surface area contributed by atoms with Crippen LogP contribution in [0.2, 0.25) is 0 Å². The quantitative estimate of drug-likeness (QED) is 0.771. The second-order valence-electron chi connectivity index (χ2n) is 6.82. The van der Waals surface area contributed by atoms with Gasteiger partial charge in [-0.15, -0.1) is 0 Å². The van der Waals surface area contributed by atoms with Gasteiger partial charge >= 0.3 is 0 Å². The third kappa shape index (κ3) is 2.24. The molecule has 2 nitrogen and oxygen atoms in total. The van der Waals surface area contributed by atoms with Crippen LogP contribution in [0.15, 0.2) is 24.3 Å². The third-order valence-corrected chi connectivity index (χ3v) is 5.58. The lowest BCUT2D eigenvalue weighted by molar-refractivity contribution is 0.156. The van der Waals surface area contributed by atoms with Crippen molar-refractivity contribution in [3.8, 4) is 0 Å². The van der Waals surface area contributed by atoms with Crippen molar-refractivity contribution < 1.29 is 0 Å². The van der Waals surface area contributed by atoms with Gasteiger partial charge in [-0.1, -0.05) is 37.5 Å². The highest BCUT2D eigenvalue weighted by Crippen LogP contribution is 2.35. The Kier molecular flexibility index (Phi) is 3.43. The van der Waals surface area contributed by atoms with Gasteiger partial charge in [-0.2, -0.15) is 0 Å². The maximum atomic E-state index is 2.83. The number of nitrogens with zero attached hydrogens (tertiary/aromatic N) is 2. The predicted octanol–water partition coefficient (Wildman–Crippen LogP) is 3.46. The van der Waals surface area contributed by atoms with Gasteiger partial charge in [0.2, 0.25) is 0 Å². The first-order chi connectivity index (χ1) is 9.92. The fourth-order valence-electron chi connectivity index (χ4n) is 4.57. The minimum atomic E-state index is 0.733. The molecule has 0 radical (unpaired) electrons. The van der Waals surface area contributed by atoms with Crippen LogP contribution >= 0.6 is 0 Å². The van der Waals surface area contributed by atoms with Gasteiger partial charge in [0.25, 0.3) is 0 Å². The molecule has 2 aliphatic heterocycles. The summed E-state index contributed by atoms with van der Waals surface area (Å²) in [6.07, 6.45) is 9.86. The molecule has 3 aliphatic rings. The minimum Gasteiger partial charge on any atom is -0.367 e. The van der Waals surface area contributed by atoms with Crippen LogP contribution in [-0.2, 0) is 6.42 Å². The first-order valence-corrected chi connectivity index (χ1v) is 8.50. The Morgan fingerprint density at radius 3 is 2.60 bits per heavy atom. The lowest BCUT2D eigenvalue weighted by atomic mass is 9.93. The van der Waals surface area contributed by atoms with Gasteiger partial charge in [0, 0.05) is 37.4 Å². The van der Waals surface area contributed by atoms with Crippen LogP contribution < -0.4 is 4.90 Å². The van der Waals surface area contributed by atoms with Crippen LogP contribution in [0.4, 0.5) is 5.69 Å². The maximum Gasteiger partial charge on any atom is 0.0458 e. The van der Waals surface area contributed by atoms with Crippen LogP contribution in [-0.4, -0.2) is 36.6 Å². The predicted molar refractivity (Wildman–Crippen MR) is 84.3 cm³/mol. The van der Waals surface area contributed by atoms with Crippen LogP contribution in [0.25, 0.3) is 0 Å². The largest absolute Gasteiger partial charge is 0.367 e. The molecule has 1 saturated heterocycles. The van der Waals surface area contributed by atoms with Gasteiger partial charge < -0.3 is 4.90 Å². The zero-order chi connectivity index (χ0) is 13.4. The van der Waals surface area contributed by atoms with E-state index in [0.717, 1.165) is 12.1 Å². The molecule has 1 atom stereocenters. The molecular formula is C18H26N2. The van der Waals surface area contributed by atoms with Gasteiger partial charge in [0.1, 0.15) is 0 Å². The minimum absolute atomic E-state index is 0.733. The molecule has 20 heavy (non-hydrogen) atoms. The molecule has 4 rings (SSSR count). The monoisotopic (exact) mass is 270 g/mol. The van der Waals surface area contributed by atoms with E-state index in [9.17, 15) is 0 Å². The van der Waals surface area contributed by atoms with E-state index in [2.05, 4.69) is 34.1 Å². The summed E-state index contributed by atoms with van der Waals surface area (Å²) in [6.45, 7) is 3.87. The Morgan fingerprint density at radius 1 is 0.850 bits per heavy atom. The summed E-state index contributed by atoms with van der Waals surface area (Å²) in [5.74, 6) is 0. The highest BCUT2D eigenvalue weighted by atomic mass is 15.3. The van der Waals surface area contributed by atoms with Crippen molar-refractivity contribution in [2.75, 3.05) is 24.5 Å². The number of hydrogen-bond acceptors (Lipinski definition) is 2. The number of hydrogen-bond donors (Lipinski definition) is 0. The molecule has 1 unspecified atom stereocenters. The van der Waals surface area contributed by atoms with Crippen LogP contribution in [0.1, 0.15) is 44.1 Å². The molecule has 1 aromatic rings. The summed E-state index contributed by atoms with van der Waals surface area (Å²) in [6, 6.07) is 10.7. The summed E-state index contributed by atoms with van der Waals surface area (Å²) < 4.78 is 0. The van der Waals surface area contributed by atoms with Gasteiger partial charge in [-0.25, -0.2) is 0 Å². The first kappa shape index (κ1) is 12.7. The van der Waals surface area contributed by atoms with Crippen molar-refractivity contribution in [1.29, 1.82) is 0 Å². The zero-order valence-corrected chi connectivity index (χ0v) is 12.4. The Hall–Kier alpha value is -1.02. The van der Waals surface area contributed by atoms with Gasteiger partial charge in [-0.3, -0.25) is 4.90 Å². The zero-order valence-electron chi connectivity index (χ0n) is 12.4.